The minimum absolute atomic E-state index is 0. The average molecular weight is 752 g/mol. The van der Waals surface area contributed by atoms with E-state index in [1.165, 1.54) is 11.1 Å². The van der Waals surface area contributed by atoms with Crippen LogP contribution in [0.5, 0.6) is 17.4 Å². The van der Waals surface area contributed by atoms with Gasteiger partial charge in [-0.05, 0) is 69.2 Å². The minimum Gasteiger partial charge on any atom is -0.506 e. The van der Waals surface area contributed by atoms with Crippen LogP contribution in [0.4, 0.5) is 0 Å². The molecule has 3 aromatic heterocycles. The zero-order valence-corrected chi connectivity index (χ0v) is 28.3. The molecule has 5 nitrogen and oxygen atoms in total. The number of ether oxygens (including phenoxy) is 1. The van der Waals surface area contributed by atoms with Crippen LogP contribution in [0.15, 0.2) is 72.9 Å². The summed E-state index contributed by atoms with van der Waals surface area (Å²) in [5, 5.41) is 13.7. The van der Waals surface area contributed by atoms with E-state index < -0.39 is 0 Å². The fourth-order valence-corrected chi connectivity index (χ4v) is 5.58. The van der Waals surface area contributed by atoms with Crippen LogP contribution >= 0.6 is 0 Å². The molecule has 3 heterocycles. The Hall–Kier alpha value is -3.69. The summed E-state index contributed by atoms with van der Waals surface area (Å²) in [6, 6.07) is 26.0. The quantitative estimate of drug-likeness (QED) is 0.182. The summed E-state index contributed by atoms with van der Waals surface area (Å²) >= 11 is 0. The number of phenolic OH excluding ortho intramolecular Hbond substituents is 1. The zero-order chi connectivity index (χ0) is 30.0. The predicted molar refractivity (Wildman–Crippen MR) is 172 cm³/mol. The van der Waals surface area contributed by atoms with Crippen molar-refractivity contribution in [2.75, 3.05) is 0 Å². The number of aromatic hydroxyl groups is 1. The van der Waals surface area contributed by atoms with E-state index in [-0.39, 0.29) is 37.6 Å². The van der Waals surface area contributed by atoms with Gasteiger partial charge in [-0.2, -0.15) is 6.07 Å². The van der Waals surface area contributed by atoms with Gasteiger partial charge in [0.1, 0.15) is 17.1 Å². The van der Waals surface area contributed by atoms with E-state index in [4.69, 9.17) is 9.72 Å². The maximum absolute atomic E-state index is 10.6. The summed E-state index contributed by atoms with van der Waals surface area (Å²) < 4.78 is 8.46. The predicted octanol–water partition coefficient (Wildman–Crippen LogP) is 9.74. The molecule has 224 valence electrons. The molecule has 0 saturated heterocycles. The minimum atomic E-state index is -0.0173. The number of hydrogen-bond donors (Lipinski definition) is 1. The molecule has 6 rings (SSSR count). The molecule has 0 aliphatic carbocycles. The van der Waals surface area contributed by atoms with Crippen LogP contribution in [-0.4, -0.2) is 19.6 Å². The molecule has 0 aliphatic rings. The maximum Gasteiger partial charge on any atom is 0.217 e. The van der Waals surface area contributed by atoms with E-state index in [0.29, 0.717) is 23.1 Å². The second-order valence-electron chi connectivity index (χ2n) is 13.5. The molecule has 0 aliphatic heterocycles. The van der Waals surface area contributed by atoms with Crippen LogP contribution in [0.3, 0.4) is 0 Å². The van der Waals surface area contributed by atoms with E-state index in [9.17, 15) is 5.11 Å². The first kappa shape index (κ1) is 30.8. The molecule has 0 unspecified atom stereocenters. The number of rotatable bonds is 4. The molecular weight excluding hydrogens is 714 g/mol. The Morgan fingerprint density at radius 3 is 2.19 bits per heavy atom. The van der Waals surface area contributed by atoms with E-state index in [1.54, 1.807) is 6.07 Å². The smallest absolute Gasteiger partial charge is 0.217 e. The average Bonchev–Trinajstić information content (AvgIpc) is 3.25. The second-order valence-corrected chi connectivity index (χ2v) is 13.5. The van der Waals surface area contributed by atoms with Crippen molar-refractivity contribution in [1.29, 1.82) is 0 Å². The number of phenols is 1. The largest absolute Gasteiger partial charge is 0.506 e. The van der Waals surface area contributed by atoms with Gasteiger partial charge in [-0.1, -0.05) is 79.1 Å². The van der Waals surface area contributed by atoms with Gasteiger partial charge < -0.3 is 14.4 Å². The van der Waals surface area contributed by atoms with Crippen molar-refractivity contribution >= 4 is 32.7 Å². The number of fused-ring (bicyclic) bond motifs is 4. The fourth-order valence-electron chi connectivity index (χ4n) is 5.58. The molecule has 6 heteroatoms. The van der Waals surface area contributed by atoms with Gasteiger partial charge in [-0.25, -0.2) is 9.97 Å². The molecule has 3 aromatic carbocycles. The van der Waals surface area contributed by atoms with Crippen LogP contribution in [0.2, 0.25) is 0 Å². The van der Waals surface area contributed by atoms with Crippen LogP contribution in [0, 0.1) is 6.07 Å². The Balaban J connectivity index is 0.00000368. The van der Waals surface area contributed by atoms with E-state index >= 15 is 0 Å². The first-order chi connectivity index (χ1) is 19.8. The van der Waals surface area contributed by atoms with Crippen molar-refractivity contribution in [2.45, 2.75) is 72.1 Å². The van der Waals surface area contributed by atoms with Gasteiger partial charge in [0, 0.05) is 50.0 Å². The van der Waals surface area contributed by atoms with Gasteiger partial charge in [0.25, 0.3) is 0 Å². The van der Waals surface area contributed by atoms with Crippen LogP contribution in [0.25, 0.3) is 38.5 Å². The van der Waals surface area contributed by atoms with Crippen molar-refractivity contribution in [1.82, 2.24) is 14.5 Å². The maximum atomic E-state index is 10.6. The number of nitrogens with zero attached hydrogens (tertiary/aromatic N) is 3. The number of pyridine rings is 2. The van der Waals surface area contributed by atoms with Gasteiger partial charge in [0.2, 0.25) is 5.88 Å². The molecule has 0 saturated carbocycles. The summed E-state index contributed by atoms with van der Waals surface area (Å²) in [5.74, 6) is 2.23. The Morgan fingerprint density at radius 1 is 0.791 bits per heavy atom. The van der Waals surface area contributed by atoms with Crippen molar-refractivity contribution in [2.24, 2.45) is 0 Å². The Bertz CT molecular complexity index is 1980. The summed E-state index contributed by atoms with van der Waals surface area (Å²) in [5.41, 5.74) is 6.11. The van der Waals surface area contributed by atoms with Gasteiger partial charge in [0.05, 0.1) is 0 Å². The number of benzene rings is 3. The van der Waals surface area contributed by atoms with E-state index in [0.717, 1.165) is 38.6 Å². The summed E-state index contributed by atoms with van der Waals surface area (Å²) in [6.07, 6.45) is 1.88. The van der Waals surface area contributed by atoms with Crippen molar-refractivity contribution in [3.05, 3.63) is 95.7 Å². The number of aromatic nitrogens is 3. The van der Waals surface area contributed by atoms with Gasteiger partial charge in [0.15, 0.2) is 0 Å². The molecule has 0 amide bonds. The van der Waals surface area contributed by atoms with Crippen LogP contribution in [0.1, 0.15) is 78.0 Å². The monoisotopic (exact) mass is 751 g/mol. The SMILES string of the molecule is CC(C)c1ccc(O)c2nc(Oc3[c-]c4c(cc3)c3cc(C(C)(C)C)ccc3n4-c3cc(C(C)(C)C)ccn3)ccc12.[Pt]. The fraction of sp³-hybridized carbons (Fsp3) is 0.297. The third-order valence-corrected chi connectivity index (χ3v) is 8.04. The van der Waals surface area contributed by atoms with E-state index in [2.05, 4.69) is 107 Å². The molecular formula is C37H38N3O2Pt-. The third kappa shape index (κ3) is 5.68. The second kappa shape index (κ2) is 11.1. The molecule has 6 aromatic rings. The number of hydrogen-bond acceptors (Lipinski definition) is 4. The standard InChI is InChI=1S/C37H38N3O2.Pt/c1-22(2)26-12-15-32(41)35-28(26)13-16-34(39-35)42-25-10-11-27-29-19-23(36(3,4)5)9-14-30(29)40(31(27)21-25)33-20-24(17-18-38-33)37(6,7)8;/h9-20,22,41H,1-8H3;/q-1;. The zero-order valence-electron chi connectivity index (χ0n) is 26.0. The van der Waals surface area contributed by atoms with Gasteiger partial charge in [-0.15, -0.1) is 17.5 Å². The normalized spacial score (nSPS) is 12.3. The molecule has 0 fully saturated rings. The molecule has 1 N–H and O–H groups in total. The first-order valence-electron chi connectivity index (χ1n) is 14.6. The Labute approximate surface area is 268 Å². The van der Waals surface area contributed by atoms with Crippen molar-refractivity contribution in [3.63, 3.8) is 0 Å². The third-order valence-electron chi connectivity index (χ3n) is 8.04. The Kier molecular flexibility index (Phi) is 7.94. The summed E-state index contributed by atoms with van der Waals surface area (Å²) in [6.45, 7) is 17.6. The van der Waals surface area contributed by atoms with Crippen LogP contribution < -0.4 is 4.74 Å². The molecule has 0 atom stereocenters. The summed E-state index contributed by atoms with van der Waals surface area (Å²) in [4.78, 5) is 9.49. The van der Waals surface area contributed by atoms with Crippen molar-refractivity contribution in [3.8, 4) is 23.2 Å². The summed E-state index contributed by atoms with van der Waals surface area (Å²) in [7, 11) is 0. The van der Waals surface area contributed by atoms with E-state index in [1.807, 2.05) is 30.5 Å². The van der Waals surface area contributed by atoms with Gasteiger partial charge >= 0.3 is 0 Å². The molecule has 0 bridgehead atoms. The molecule has 0 radical (unpaired) electrons. The molecule has 0 spiro atoms. The van der Waals surface area contributed by atoms with Gasteiger partial charge in [-0.3, -0.25) is 0 Å². The topological polar surface area (TPSA) is 60.2 Å². The molecule has 43 heavy (non-hydrogen) atoms. The first-order valence-corrected chi connectivity index (χ1v) is 14.6. The van der Waals surface area contributed by atoms with Crippen molar-refractivity contribution < 1.29 is 30.9 Å². The van der Waals surface area contributed by atoms with Crippen LogP contribution in [-0.2, 0) is 31.9 Å². The Morgan fingerprint density at radius 2 is 1.49 bits per heavy atom.